The van der Waals surface area contributed by atoms with Crippen molar-refractivity contribution < 1.29 is 32.5 Å². The molecule has 2 aromatic carbocycles. The Labute approximate surface area is 139 Å². The number of hydrogen-bond acceptors (Lipinski definition) is 5. The van der Waals surface area contributed by atoms with Gasteiger partial charge in [0, 0.05) is 0 Å². The fourth-order valence-corrected chi connectivity index (χ4v) is 2.19. The number of ether oxygens (including phenoxy) is 1. The Morgan fingerprint density at radius 1 is 1.12 bits per heavy atom. The Hall–Kier alpha value is -3.10. The van der Waals surface area contributed by atoms with E-state index in [1.807, 2.05) is 0 Å². The summed E-state index contributed by atoms with van der Waals surface area (Å²) in [5.74, 6) is -4.65. The van der Waals surface area contributed by atoms with Crippen LogP contribution in [-0.4, -0.2) is 18.1 Å². The zero-order valence-corrected chi connectivity index (χ0v) is 12.3. The van der Waals surface area contributed by atoms with Gasteiger partial charge in [-0.1, -0.05) is 17.6 Å². The third kappa shape index (κ3) is 3.00. The second kappa shape index (κ2) is 5.76. The predicted octanol–water partition coefficient (Wildman–Crippen LogP) is 2.81. The van der Waals surface area contributed by atoms with Gasteiger partial charge < -0.3 is 19.4 Å². The van der Waals surface area contributed by atoms with Crippen molar-refractivity contribution in [2.45, 2.75) is 6.18 Å². The standard InChI is InChI=1S/C16H8BF3O5/c17-7-2-1-3-8(6-7)24-14-11(22)9-4-5-10(21)12(23)13(9)25-15(14)16(18,19)20/h1-6,21,23H. The van der Waals surface area contributed by atoms with Crippen molar-refractivity contribution in [1.29, 1.82) is 0 Å². The summed E-state index contributed by atoms with van der Waals surface area (Å²) in [5.41, 5.74) is -1.73. The van der Waals surface area contributed by atoms with E-state index in [1.165, 1.54) is 24.3 Å². The van der Waals surface area contributed by atoms with Gasteiger partial charge >= 0.3 is 6.18 Å². The Bertz CT molecular complexity index is 1030. The van der Waals surface area contributed by atoms with Gasteiger partial charge in [-0.3, -0.25) is 4.79 Å². The molecule has 0 aliphatic carbocycles. The van der Waals surface area contributed by atoms with Crippen LogP contribution in [0.3, 0.4) is 0 Å². The Morgan fingerprint density at radius 2 is 1.84 bits per heavy atom. The third-order valence-electron chi connectivity index (χ3n) is 3.31. The van der Waals surface area contributed by atoms with E-state index >= 15 is 0 Å². The predicted molar refractivity (Wildman–Crippen MR) is 82.7 cm³/mol. The van der Waals surface area contributed by atoms with E-state index in [4.69, 9.17) is 12.6 Å². The second-order valence-electron chi connectivity index (χ2n) is 5.07. The number of fused-ring (bicyclic) bond motifs is 1. The number of rotatable bonds is 2. The minimum Gasteiger partial charge on any atom is -0.504 e. The minimum atomic E-state index is -5.08. The molecule has 0 atom stereocenters. The number of hydrogen-bond donors (Lipinski definition) is 2. The molecule has 9 heteroatoms. The molecule has 1 aromatic heterocycles. The van der Waals surface area contributed by atoms with E-state index < -0.39 is 40.2 Å². The molecule has 0 amide bonds. The van der Waals surface area contributed by atoms with Crippen LogP contribution in [0.4, 0.5) is 13.2 Å². The first-order valence-electron chi connectivity index (χ1n) is 6.81. The van der Waals surface area contributed by atoms with Gasteiger partial charge in [-0.15, -0.1) is 0 Å². The highest BCUT2D eigenvalue weighted by Gasteiger charge is 2.41. The first-order valence-corrected chi connectivity index (χ1v) is 6.81. The maximum absolute atomic E-state index is 13.3. The van der Waals surface area contributed by atoms with E-state index in [0.717, 1.165) is 12.1 Å². The summed E-state index contributed by atoms with van der Waals surface area (Å²) in [7, 11) is 5.54. The minimum absolute atomic E-state index is 0.0971. The highest BCUT2D eigenvalue weighted by Crippen LogP contribution is 2.41. The summed E-state index contributed by atoms with van der Waals surface area (Å²) in [6.07, 6.45) is -5.08. The molecule has 0 unspecified atom stereocenters. The Balaban J connectivity index is 2.31. The lowest BCUT2D eigenvalue weighted by Gasteiger charge is -2.14. The van der Waals surface area contributed by atoms with Gasteiger partial charge in [0.25, 0.3) is 5.76 Å². The highest BCUT2D eigenvalue weighted by molar-refractivity contribution is 6.32. The van der Waals surface area contributed by atoms with Crippen molar-refractivity contribution >= 4 is 24.3 Å². The summed E-state index contributed by atoms with van der Waals surface area (Å²) in [6.45, 7) is 0. The van der Waals surface area contributed by atoms with Crippen molar-refractivity contribution in [3.63, 3.8) is 0 Å². The molecular formula is C16H8BF3O5. The number of phenolic OH excluding ortho intramolecular Hbond substituents is 2. The van der Waals surface area contributed by atoms with Crippen LogP contribution >= 0.6 is 0 Å². The molecule has 1 heterocycles. The first kappa shape index (κ1) is 16.8. The molecule has 0 saturated heterocycles. The number of phenols is 2. The molecule has 3 aromatic rings. The van der Waals surface area contributed by atoms with Crippen molar-refractivity contribution in [1.82, 2.24) is 0 Å². The van der Waals surface area contributed by atoms with E-state index in [1.54, 1.807) is 0 Å². The lowest BCUT2D eigenvalue weighted by atomic mass is 9.96. The largest absolute Gasteiger partial charge is 0.504 e. The van der Waals surface area contributed by atoms with Crippen LogP contribution in [-0.2, 0) is 6.18 Å². The topological polar surface area (TPSA) is 79.9 Å². The fourth-order valence-electron chi connectivity index (χ4n) is 2.19. The summed E-state index contributed by atoms with van der Waals surface area (Å²) in [5, 5.41) is 18.7. The fraction of sp³-hybridized carbons (Fsp3) is 0.0625. The molecular weight excluding hydrogens is 340 g/mol. The summed E-state index contributed by atoms with van der Waals surface area (Å²) >= 11 is 0. The van der Waals surface area contributed by atoms with Gasteiger partial charge in [-0.2, -0.15) is 13.2 Å². The van der Waals surface area contributed by atoms with Gasteiger partial charge in [0.15, 0.2) is 11.3 Å². The van der Waals surface area contributed by atoms with Crippen LogP contribution in [0.5, 0.6) is 23.0 Å². The monoisotopic (exact) mass is 348 g/mol. The molecule has 0 saturated carbocycles. The van der Waals surface area contributed by atoms with E-state index in [9.17, 15) is 28.2 Å². The molecule has 0 bridgehead atoms. The first-order chi connectivity index (χ1) is 11.7. The summed E-state index contributed by atoms with van der Waals surface area (Å²) in [4.78, 5) is 12.4. The van der Waals surface area contributed by atoms with Crippen molar-refractivity contribution in [3.05, 3.63) is 52.4 Å². The van der Waals surface area contributed by atoms with Crippen LogP contribution in [0, 0.1) is 0 Å². The molecule has 126 valence electrons. The Kier molecular flexibility index (Phi) is 3.86. The van der Waals surface area contributed by atoms with Crippen LogP contribution in [0.2, 0.25) is 0 Å². The number of alkyl halides is 3. The molecule has 3 rings (SSSR count). The van der Waals surface area contributed by atoms with Crippen LogP contribution in [0.15, 0.2) is 45.6 Å². The number of benzene rings is 2. The molecule has 25 heavy (non-hydrogen) atoms. The van der Waals surface area contributed by atoms with E-state index in [-0.39, 0.29) is 16.6 Å². The quantitative estimate of drug-likeness (QED) is 0.550. The normalized spacial score (nSPS) is 11.6. The maximum Gasteiger partial charge on any atom is 0.453 e. The molecule has 0 spiro atoms. The number of halogens is 3. The van der Waals surface area contributed by atoms with Gasteiger partial charge in [0.2, 0.25) is 16.9 Å². The number of aromatic hydroxyl groups is 2. The summed E-state index contributed by atoms with van der Waals surface area (Å²) < 4.78 is 49.6. The maximum atomic E-state index is 13.3. The molecule has 2 N–H and O–H groups in total. The average molecular weight is 348 g/mol. The zero-order valence-electron chi connectivity index (χ0n) is 12.3. The lowest BCUT2D eigenvalue weighted by molar-refractivity contribution is -0.154. The van der Waals surface area contributed by atoms with Crippen molar-refractivity contribution in [2.24, 2.45) is 0 Å². The molecule has 5 nitrogen and oxygen atoms in total. The van der Waals surface area contributed by atoms with Gasteiger partial charge in [0.05, 0.1) is 5.39 Å². The smallest absolute Gasteiger partial charge is 0.453 e. The van der Waals surface area contributed by atoms with E-state index in [0.29, 0.717) is 0 Å². The van der Waals surface area contributed by atoms with E-state index in [2.05, 4.69) is 4.42 Å². The average Bonchev–Trinajstić information content (AvgIpc) is 2.52. The third-order valence-corrected chi connectivity index (χ3v) is 3.31. The molecule has 0 aliphatic heterocycles. The molecule has 0 aliphatic rings. The highest BCUT2D eigenvalue weighted by atomic mass is 19.4. The lowest BCUT2D eigenvalue weighted by Crippen LogP contribution is -2.16. The second-order valence-corrected chi connectivity index (χ2v) is 5.07. The van der Waals surface area contributed by atoms with Gasteiger partial charge in [-0.05, 0) is 24.3 Å². The van der Waals surface area contributed by atoms with Crippen molar-refractivity contribution in [2.75, 3.05) is 0 Å². The van der Waals surface area contributed by atoms with Crippen LogP contribution < -0.4 is 15.6 Å². The molecule has 0 fully saturated rings. The zero-order chi connectivity index (χ0) is 18.4. The molecule has 2 radical (unpaired) electrons. The van der Waals surface area contributed by atoms with Crippen LogP contribution in [0.1, 0.15) is 5.76 Å². The Morgan fingerprint density at radius 3 is 2.48 bits per heavy atom. The van der Waals surface area contributed by atoms with Gasteiger partial charge in [-0.25, -0.2) is 0 Å². The van der Waals surface area contributed by atoms with Gasteiger partial charge in [0.1, 0.15) is 13.6 Å². The van der Waals surface area contributed by atoms with Crippen molar-refractivity contribution in [3.8, 4) is 23.0 Å². The van der Waals surface area contributed by atoms with Crippen LogP contribution in [0.25, 0.3) is 11.0 Å². The summed E-state index contributed by atoms with van der Waals surface area (Å²) in [6, 6.07) is 7.44. The SMILES string of the molecule is [B]c1cccc(Oc2c(C(F)(F)F)oc3c(O)c(O)ccc3c2=O)c1.